The Balaban J connectivity index is 3.07. The molecule has 0 unspecified atom stereocenters. The molecule has 0 amide bonds. The molecule has 0 aliphatic heterocycles. The minimum Gasteiger partial charge on any atom is -0.481 e. The average molecular weight is 198 g/mol. The second-order valence-corrected chi connectivity index (χ2v) is 3.14. The molecule has 0 aliphatic carbocycles. The first-order valence-corrected chi connectivity index (χ1v) is 5.05. The summed E-state index contributed by atoms with van der Waals surface area (Å²) in [4.78, 5) is 10.2. The lowest BCUT2D eigenvalue weighted by atomic mass is 10.1. The molecule has 80 valence electrons. The van der Waals surface area contributed by atoms with Crippen molar-refractivity contribution < 1.29 is 15.0 Å². The molecule has 0 aromatic carbocycles. The van der Waals surface area contributed by atoms with Crippen LogP contribution >= 0.6 is 0 Å². The van der Waals surface area contributed by atoms with E-state index in [4.69, 9.17) is 10.2 Å². The Bertz CT molecular complexity index is 200. The smallest absolute Gasteiger partial charge is 0.303 e. The van der Waals surface area contributed by atoms with Crippen molar-refractivity contribution in [3.05, 3.63) is 0 Å². The Morgan fingerprint density at radius 3 is 2.29 bits per heavy atom. The topological polar surface area (TPSA) is 57.5 Å². The fourth-order valence-corrected chi connectivity index (χ4v) is 1.08. The van der Waals surface area contributed by atoms with Gasteiger partial charge >= 0.3 is 5.97 Å². The summed E-state index contributed by atoms with van der Waals surface area (Å²) in [6, 6.07) is 0. The van der Waals surface area contributed by atoms with Gasteiger partial charge in [-0.15, -0.1) is 11.8 Å². The van der Waals surface area contributed by atoms with Crippen LogP contribution in [0.25, 0.3) is 0 Å². The van der Waals surface area contributed by atoms with Gasteiger partial charge in [0.1, 0.15) is 0 Å². The summed E-state index contributed by atoms with van der Waals surface area (Å²) in [5, 5.41) is 16.8. The highest BCUT2D eigenvalue weighted by Gasteiger charge is 1.95. The molecular formula is C11H18O3. The number of carboxylic acids is 1. The van der Waals surface area contributed by atoms with E-state index in [-0.39, 0.29) is 13.0 Å². The van der Waals surface area contributed by atoms with Gasteiger partial charge in [0.05, 0.1) is 6.61 Å². The lowest BCUT2D eigenvalue weighted by molar-refractivity contribution is -0.137. The summed E-state index contributed by atoms with van der Waals surface area (Å²) in [7, 11) is 0. The maximum Gasteiger partial charge on any atom is 0.303 e. The molecule has 0 saturated heterocycles. The highest BCUT2D eigenvalue weighted by Crippen LogP contribution is 2.04. The lowest BCUT2D eigenvalue weighted by Gasteiger charge is -1.95. The molecule has 0 aliphatic rings. The van der Waals surface area contributed by atoms with Crippen molar-refractivity contribution >= 4 is 5.97 Å². The van der Waals surface area contributed by atoms with E-state index < -0.39 is 5.97 Å². The van der Waals surface area contributed by atoms with Crippen LogP contribution in [0.2, 0.25) is 0 Å². The molecule has 14 heavy (non-hydrogen) atoms. The van der Waals surface area contributed by atoms with Crippen molar-refractivity contribution in [1.29, 1.82) is 0 Å². The van der Waals surface area contributed by atoms with E-state index in [1.807, 2.05) is 0 Å². The number of aliphatic hydroxyl groups excluding tert-OH is 1. The van der Waals surface area contributed by atoms with Crippen molar-refractivity contribution in [1.82, 2.24) is 0 Å². The van der Waals surface area contributed by atoms with Crippen LogP contribution in [-0.2, 0) is 4.79 Å². The summed E-state index contributed by atoms with van der Waals surface area (Å²) >= 11 is 0. The number of aliphatic carboxylic acids is 1. The Labute approximate surface area is 85.1 Å². The molecule has 0 spiro atoms. The first-order chi connectivity index (χ1) is 6.77. The lowest BCUT2D eigenvalue weighted by Crippen LogP contribution is -1.93. The van der Waals surface area contributed by atoms with Crippen molar-refractivity contribution in [2.75, 3.05) is 6.61 Å². The van der Waals surface area contributed by atoms with E-state index in [2.05, 4.69) is 11.8 Å². The standard InChI is InChI=1S/C11H18O3/c12-10-8-6-4-2-1-3-5-7-9-11(13)14/h12H,1-3,5,7-10H2,(H,13,14). The monoisotopic (exact) mass is 198 g/mol. The molecule has 0 aromatic rings. The van der Waals surface area contributed by atoms with Gasteiger partial charge in [0.2, 0.25) is 0 Å². The van der Waals surface area contributed by atoms with Crippen LogP contribution in [0.15, 0.2) is 0 Å². The van der Waals surface area contributed by atoms with Crippen LogP contribution < -0.4 is 0 Å². The first kappa shape index (κ1) is 13.0. The normalized spacial score (nSPS) is 9.21. The van der Waals surface area contributed by atoms with Gasteiger partial charge in [0, 0.05) is 19.3 Å². The van der Waals surface area contributed by atoms with Gasteiger partial charge in [0.25, 0.3) is 0 Å². The average Bonchev–Trinajstić information content (AvgIpc) is 2.15. The van der Waals surface area contributed by atoms with Gasteiger partial charge in [-0.05, 0) is 12.8 Å². The zero-order valence-electron chi connectivity index (χ0n) is 8.46. The van der Waals surface area contributed by atoms with Crippen molar-refractivity contribution in [2.24, 2.45) is 0 Å². The van der Waals surface area contributed by atoms with E-state index in [1.165, 1.54) is 0 Å². The predicted octanol–water partition coefficient (Wildman–Crippen LogP) is 1.80. The van der Waals surface area contributed by atoms with Crippen LogP contribution in [-0.4, -0.2) is 22.8 Å². The highest BCUT2D eigenvalue weighted by atomic mass is 16.4. The SMILES string of the molecule is O=C(O)CCCCCCC#CCCO. The minimum atomic E-state index is -0.715. The number of carbonyl (C=O) groups is 1. The van der Waals surface area contributed by atoms with Gasteiger partial charge in [-0.1, -0.05) is 12.8 Å². The highest BCUT2D eigenvalue weighted by molar-refractivity contribution is 5.66. The van der Waals surface area contributed by atoms with Crippen LogP contribution in [0.3, 0.4) is 0 Å². The number of hydrogen-bond donors (Lipinski definition) is 2. The second kappa shape index (κ2) is 10.1. The summed E-state index contributed by atoms with van der Waals surface area (Å²) in [5.41, 5.74) is 0. The van der Waals surface area contributed by atoms with Gasteiger partial charge in [0.15, 0.2) is 0 Å². The molecule has 0 atom stereocenters. The minimum absolute atomic E-state index is 0.131. The molecule has 0 fully saturated rings. The van der Waals surface area contributed by atoms with Gasteiger partial charge in [-0.2, -0.15) is 0 Å². The van der Waals surface area contributed by atoms with E-state index >= 15 is 0 Å². The number of carboxylic acid groups (broad SMARTS) is 1. The quantitative estimate of drug-likeness (QED) is 0.484. The number of rotatable bonds is 7. The maximum absolute atomic E-state index is 10.2. The van der Waals surface area contributed by atoms with Crippen molar-refractivity contribution in [2.45, 2.75) is 44.9 Å². The van der Waals surface area contributed by atoms with Crippen LogP contribution in [0.1, 0.15) is 44.9 Å². The van der Waals surface area contributed by atoms with Crippen molar-refractivity contribution in [3.8, 4) is 11.8 Å². The largest absolute Gasteiger partial charge is 0.481 e. The first-order valence-electron chi connectivity index (χ1n) is 5.05. The summed E-state index contributed by atoms with van der Waals surface area (Å²) < 4.78 is 0. The summed E-state index contributed by atoms with van der Waals surface area (Å²) in [5.74, 6) is 5.09. The Morgan fingerprint density at radius 2 is 1.64 bits per heavy atom. The van der Waals surface area contributed by atoms with E-state index in [9.17, 15) is 4.79 Å². The van der Waals surface area contributed by atoms with Gasteiger partial charge in [-0.25, -0.2) is 0 Å². The number of hydrogen-bond acceptors (Lipinski definition) is 2. The second-order valence-electron chi connectivity index (χ2n) is 3.14. The van der Waals surface area contributed by atoms with Crippen LogP contribution in [0.5, 0.6) is 0 Å². The third kappa shape index (κ3) is 11.0. The fourth-order valence-electron chi connectivity index (χ4n) is 1.08. The van der Waals surface area contributed by atoms with E-state index in [0.29, 0.717) is 6.42 Å². The molecule has 0 bridgehead atoms. The van der Waals surface area contributed by atoms with Crippen molar-refractivity contribution in [3.63, 3.8) is 0 Å². The molecule has 2 N–H and O–H groups in total. The van der Waals surface area contributed by atoms with Crippen LogP contribution in [0, 0.1) is 11.8 Å². The zero-order chi connectivity index (χ0) is 10.6. The Kier molecular flexibility index (Phi) is 9.35. The van der Waals surface area contributed by atoms with Gasteiger partial charge in [-0.3, -0.25) is 4.79 Å². The Hall–Kier alpha value is -1.01. The molecule has 0 aromatic heterocycles. The molecule has 0 saturated carbocycles. The van der Waals surface area contributed by atoms with Gasteiger partial charge < -0.3 is 10.2 Å². The Morgan fingerprint density at radius 1 is 1.00 bits per heavy atom. The fraction of sp³-hybridized carbons (Fsp3) is 0.727. The molecule has 0 rings (SSSR count). The molecule has 0 heterocycles. The predicted molar refractivity (Wildman–Crippen MR) is 54.8 cm³/mol. The number of aliphatic hydroxyl groups is 1. The zero-order valence-corrected chi connectivity index (χ0v) is 8.46. The third-order valence-corrected chi connectivity index (χ3v) is 1.80. The van der Waals surface area contributed by atoms with E-state index in [1.54, 1.807) is 0 Å². The maximum atomic E-state index is 10.2. The summed E-state index contributed by atoms with van der Waals surface area (Å²) in [6.45, 7) is 0.131. The summed E-state index contributed by atoms with van der Waals surface area (Å²) in [6.07, 6.45) is 5.48. The molecular weight excluding hydrogens is 180 g/mol. The third-order valence-electron chi connectivity index (χ3n) is 1.80. The molecule has 3 heteroatoms. The molecule has 0 radical (unpaired) electrons. The molecule has 3 nitrogen and oxygen atoms in total. The van der Waals surface area contributed by atoms with Crippen LogP contribution in [0.4, 0.5) is 0 Å². The van der Waals surface area contributed by atoms with E-state index in [0.717, 1.165) is 32.1 Å². The number of unbranched alkanes of at least 4 members (excludes halogenated alkanes) is 4.